The van der Waals surface area contributed by atoms with E-state index in [4.69, 9.17) is 4.74 Å². The second-order valence-electron chi connectivity index (χ2n) is 10.3. The third-order valence-electron chi connectivity index (χ3n) is 7.46. The SMILES string of the molecule is CC(F)COc1nc2c(s1)CCN(CCC1CCC(NC(=O)c3cccc4nn(C)cc34)CC1)CC2. The highest BCUT2D eigenvalue weighted by molar-refractivity contribution is 7.13. The van der Waals surface area contributed by atoms with E-state index in [1.807, 2.05) is 31.4 Å². The summed E-state index contributed by atoms with van der Waals surface area (Å²) in [5.74, 6) is 0.730. The standard InChI is InChI=1S/C27H36FN5O2S/c1-18(28)17-35-27-30-24-11-14-33(15-12-25(24)36-27)13-10-19-6-8-20(9-7-19)29-26(34)21-4-3-5-23-22(21)16-32(2)31-23/h3-5,16,18-20H,6-15,17H2,1-2H3,(H,29,34). The predicted molar refractivity (Wildman–Crippen MR) is 141 cm³/mol. The fourth-order valence-electron chi connectivity index (χ4n) is 5.44. The van der Waals surface area contributed by atoms with Crippen molar-refractivity contribution in [2.24, 2.45) is 13.0 Å². The van der Waals surface area contributed by atoms with E-state index in [9.17, 15) is 9.18 Å². The molecule has 36 heavy (non-hydrogen) atoms. The van der Waals surface area contributed by atoms with Gasteiger partial charge < -0.3 is 15.0 Å². The van der Waals surface area contributed by atoms with Crippen LogP contribution in [0.1, 0.15) is 60.0 Å². The summed E-state index contributed by atoms with van der Waals surface area (Å²) in [7, 11) is 1.88. The number of aryl methyl sites for hydroxylation is 1. The van der Waals surface area contributed by atoms with Gasteiger partial charge in [0.1, 0.15) is 12.8 Å². The van der Waals surface area contributed by atoms with Gasteiger partial charge in [-0.25, -0.2) is 9.37 Å². The number of rotatable bonds is 8. The van der Waals surface area contributed by atoms with E-state index < -0.39 is 6.17 Å². The van der Waals surface area contributed by atoms with Crippen molar-refractivity contribution in [2.75, 3.05) is 26.2 Å². The monoisotopic (exact) mass is 513 g/mol. The topological polar surface area (TPSA) is 72.3 Å². The number of ether oxygens (including phenoxy) is 1. The summed E-state index contributed by atoms with van der Waals surface area (Å²) in [6.45, 7) is 4.75. The van der Waals surface area contributed by atoms with Crippen LogP contribution in [-0.2, 0) is 19.9 Å². The lowest BCUT2D eigenvalue weighted by Gasteiger charge is -2.30. The lowest BCUT2D eigenvalue weighted by molar-refractivity contribution is 0.0921. The third-order valence-corrected chi connectivity index (χ3v) is 8.53. The molecule has 1 N–H and O–H groups in total. The van der Waals surface area contributed by atoms with Crippen molar-refractivity contribution < 1.29 is 13.9 Å². The van der Waals surface area contributed by atoms with Gasteiger partial charge in [0.2, 0.25) is 0 Å². The number of hydrogen-bond acceptors (Lipinski definition) is 6. The molecule has 3 aromatic rings. The average molecular weight is 514 g/mol. The highest BCUT2D eigenvalue weighted by Crippen LogP contribution is 2.30. The van der Waals surface area contributed by atoms with Crippen molar-refractivity contribution in [1.29, 1.82) is 0 Å². The maximum absolute atomic E-state index is 13.0. The minimum absolute atomic E-state index is 0.00968. The molecule has 2 aromatic heterocycles. The summed E-state index contributed by atoms with van der Waals surface area (Å²) >= 11 is 1.58. The van der Waals surface area contributed by atoms with Crippen LogP contribution in [0.25, 0.3) is 10.9 Å². The van der Waals surface area contributed by atoms with Crippen LogP contribution in [0.2, 0.25) is 0 Å². The zero-order valence-corrected chi connectivity index (χ0v) is 22.0. The molecule has 1 atom stereocenters. The first-order chi connectivity index (χ1) is 17.4. The Hall–Kier alpha value is -2.52. The number of fused-ring (bicyclic) bond motifs is 2. The van der Waals surface area contributed by atoms with Gasteiger partial charge in [-0.15, -0.1) is 0 Å². The summed E-state index contributed by atoms with van der Waals surface area (Å²) in [5, 5.41) is 9.21. The number of amides is 1. The Morgan fingerprint density at radius 1 is 1.25 bits per heavy atom. The Bertz CT molecular complexity index is 1160. The highest BCUT2D eigenvalue weighted by Gasteiger charge is 2.25. The molecule has 1 aliphatic heterocycles. The first kappa shape index (κ1) is 25.1. The van der Waals surface area contributed by atoms with Crippen LogP contribution in [0, 0.1) is 5.92 Å². The molecule has 194 valence electrons. The maximum atomic E-state index is 13.0. The van der Waals surface area contributed by atoms with Crippen LogP contribution >= 0.6 is 11.3 Å². The molecule has 5 rings (SSSR count). The van der Waals surface area contributed by atoms with E-state index in [0.717, 1.165) is 67.8 Å². The molecule has 1 aliphatic carbocycles. The van der Waals surface area contributed by atoms with Crippen molar-refractivity contribution in [3.8, 4) is 5.19 Å². The highest BCUT2D eigenvalue weighted by atomic mass is 32.1. The lowest BCUT2D eigenvalue weighted by Crippen LogP contribution is -2.38. The number of thiazole rings is 1. The zero-order valence-electron chi connectivity index (χ0n) is 21.2. The summed E-state index contributed by atoms with van der Waals surface area (Å²) < 4.78 is 20.3. The normalized spacial score (nSPS) is 21.6. The number of hydrogen-bond donors (Lipinski definition) is 1. The Kier molecular flexibility index (Phi) is 7.86. The minimum Gasteiger partial charge on any atom is -0.467 e. The maximum Gasteiger partial charge on any atom is 0.273 e. The van der Waals surface area contributed by atoms with Gasteiger partial charge in [-0.05, 0) is 70.0 Å². The van der Waals surface area contributed by atoms with Gasteiger partial charge in [0.05, 0.1) is 16.8 Å². The number of nitrogens with one attached hydrogen (secondary N) is 1. The molecule has 1 amide bonds. The van der Waals surface area contributed by atoms with E-state index in [0.29, 0.717) is 10.8 Å². The number of carbonyl (C=O) groups excluding carboxylic acids is 1. The van der Waals surface area contributed by atoms with Crippen molar-refractivity contribution in [3.63, 3.8) is 0 Å². The third kappa shape index (κ3) is 6.06. The Morgan fingerprint density at radius 2 is 2.06 bits per heavy atom. The molecule has 1 unspecified atom stereocenters. The van der Waals surface area contributed by atoms with E-state index in [1.165, 1.54) is 31.1 Å². The van der Waals surface area contributed by atoms with Gasteiger partial charge in [-0.3, -0.25) is 9.48 Å². The second-order valence-corrected chi connectivity index (χ2v) is 11.4. The quantitative estimate of drug-likeness (QED) is 0.479. The smallest absolute Gasteiger partial charge is 0.273 e. The zero-order chi connectivity index (χ0) is 25.1. The average Bonchev–Trinajstić information content (AvgIpc) is 3.39. The first-order valence-corrected chi connectivity index (χ1v) is 14.0. The second kappa shape index (κ2) is 11.3. The molecule has 0 spiro atoms. The van der Waals surface area contributed by atoms with Crippen LogP contribution in [0.15, 0.2) is 24.4 Å². The first-order valence-electron chi connectivity index (χ1n) is 13.2. The number of alkyl halides is 1. The number of halogens is 1. The van der Waals surface area contributed by atoms with Gasteiger partial charge in [-0.2, -0.15) is 5.10 Å². The summed E-state index contributed by atoms with van der Waals surface area (Å²) in [6, 6.07) is 5.98. The van der Waals surface area contributed by atoms with Crippen LogP contribution < -0.4 is 10.1 Å². The molecule has 9 heteroatoms. The predicted octanol–water partition coefficient (Wildman–Crippen LogP) is 4.55. The van der Waals surface area contributed by atoms with Crippen LogP contribution in [0.4, 0.5) is 4.39 Å². The van der Waals surface area contributed by atoms with E-state index in [2.05, 4.69) is 20.3 Å². The van der Waals surface area contributed by atoms with Crippen molar-refractivity contribution in [2.45, 2.75) is 64.1 Å². The molecule has 1 aromatic carbocycles. The van der Waals surface area contributed by atoms with Crippen molar-refractivity contribution in [1.82, 2.24) is 25.0 Å². The molecule has 1 saturated carbocycles. The lowest BCUT2D eigenvalue weighted by atomic mass is 9.84. The van der Waals surface area contributed by atoms with Crippen LogP contribution in [-0.4, -0.2) is 64.0 Å². The van der Waals surface area contributed by atoms with Crippen LogP contribution in [0.3, 0.4) is 0 Å². The van der Waals surface area contributed by atoms with Gasteiger partial charge in [-0.1, -0.05) is 17.4 Å². The summed E-state index contributed by atoms with van der Waals surface area (Å²) in [4.78, 5) is 21.4. The number of aromatic nitrogens is 3. The van der Waals surface area contributed by atoms with E-state index in [-0.39, 0.29) is 18.6 Å². The Balaban J connectivity index is 1.04. The molecule has 7 nitrogen and oxygen atoms in total. The van der Waals surface area contributed by atoms with Gasteiger partial charge in [0.25, 0.3) is 11.1 Å². The summed E-state index contributed by atoms with van der Waals surface area (Å²) in [6.07, 6.45) is 8.49. The van der Waals surface area contributed by atoms with E-state index >= 15 is 0 Å². The molecule has 1 fully saturated rings. The Morgan fingerprint density at radius 3 is 2.86 bits per heavy atom. The largest absolute Gasteiger partial charge is 0.467 e. The van der Waals surface area contributed by atoms with Crippen LogP contribution in [0.5, 0.6) is 5.19 Å². The fraction of sp³-hybridized carbons (Fsp3) is 0.593. The molecule has 2 aliphatic rings. The molecular weight excluding hydrogens is 477 g/mol. The molecule has 0 radical (unpaired) electrons. The van der Waals surface area contributed by atoms with Gasteiger partial charge >= 0.3 is 0 Å². The Labute approximate surface area is 216 Å². The van der Waals surface area contributed by atoms with Gasteiger partial charge in [0, 0.05) is 49.1 Å². The summed E-state index contributed by atoms with van der Waals surface area (Å²) in [5.41, 5.74) is 2.69. The number of nitrogens with zero attached hydrogens (tertiary/aromatic N) is 4. The number of carbonyl (C=O) groups is 1. The van der Waals surface area contributed by atoms with Crippen molar-refractivity contribution in [3.05, 3.63) is 40.5 Å². The number of benzene rings is 1. The van der Waals surface area contributed by atoms with Crippen molar-refractivity contribution >= 4 is 28.1 Å². The molecule has 0 bridgehead atoms. The van der Waals surface area contributed by atoms with E-state index in [1.54, 1.807) is 16.0 Å². The fourth-order valence-corrected chi connectivity index (χ4v) is 6.39. The van der Waals surface area contributed by atoms with Gasteiger partial charge in [0.15, 0.2) is 0 Å². The molecule has 0 saturated heterocycles. The molecule has 3 heterocycles. The minimum atomic E-state index is -0.975. The molecular formula is C27H36FN5O2S.